The van der Waals surface area contributed by atoms with E-state index in [1.54, 1.807) is 24.5 Å². The van der Waals surface area contributed by atoms with Crippen molar-refractivity contribution in [2.45, 2.75) is 75.1 Å². The number of nitrogens with zero attached hydrogens (tertiary/aromatic N) is 1. The molecule has 2 unspecified atom stereocenters. The van der Waals surface area contributed by atoms with Crippen molar-refractivity contribution in [2.24, 2.45) is 5.92 Å². The fraction of sp³-hybridized carbons (Fsp3) is 0.387. The van der Waals surface area contributed by atoms with Crippen molar-refractivity contribution in [2.75, 3.05) is 5.32 Å². The monoisotopic (exact) mass is 594 g/mol. The zero-order chi connectivity index (χ0) is 30.0. The van der Waals surface area contributed by atoms with Crippen LogP contribution in [0.3, 0.4) is 0 Å². The molecule has 0 radical (unpaired) electrons. The van der Waals surface area contributed by atoms with Gasteiger partial charge in [0, 0.05) is 30.6 Å². The number of aromatic nitrogens is 1. The Morgan fingerprint density at radius 3 is 2.31 bits per heavy atom. The first-order valence-electron chi connectivity index (χ1n) is 14.1. The van der Waals surface area contributed by atoms with Gasteiger partial charge in [-0.15, -0.1) is 0 Å². The van der Waals surface area contributed by atoms with Gasteiger partial charge in [0.1, 0.15) is 6.61 Å². The Morgan fingerprint density at radius 1 is 0.976 bits per heavy atom. The SMILES string of the molecule is CC(=O)Nc1ccc(S(=O)(=O)NC(CC2CCCC2)[C@@H](O)C(Cc2ccccc2)NC(=O)OCc2cccnc2)cc1. The highest BCUT2D eigenvalue weighted by Crippen LogP contribution is 2.30. The number of carbonyl (C=O) groups is 2. The molecular formula is C31H38N4O6S. The summed E-state index contributed by atoms with van der Waals surface area (Å²) in [7, 11) is -4.05. The zero-order valence-corrected chi connectivity index (χ0v) is 24.4. The summed E-state index contributed by atoms with van der Waals surface area (Å²) < 4.78 is 35.1. The van der Waals surface area contributed by atoms with Crippen molar-refractivity contribution in [3.05, 3.63) is 90.3 Å². The van der Waals surface area contributed by atoms with E-state index in [9.17, 15) is 23.1 Å². The maximum atomic E-state index is 13.5. The van der Waals surface area contributed by atoms with Gasteiger partial charge in [-0.3, -0.25) is 9.78 Å². The number of sulfonamides is 1. The Hall–Kier alpha value is -3.80. The van der Waals surface area contributed by atoms with E-state index in [-0.39, 0.29) is 29.7 Å². The molecule has 1 aromatic heterocycles. The van der Waals surface area contributed by atoms with Gasteiger partial charge in [0.05, 0.1) is 23.1 Å². The molecular weight excluding hydrogens is 556 g/mol. The minimum atomic E-state index is -4.05. The van der Waals surface area contributed by atoms with Gasteiger partial charge in [-0.05, 0) is 54.7 Å². The molecule has 0 saturated heterocycles. The van der Waals surface area contributed by atoms with Gasteiger partial charge in [-0.1, -0.05) is 62.1 Å². The van der Waals surface area contributed by atoms with Crippen molar-refractivity contribution >= 4 is 27.7 Å². The van der Waals surface area contributed by atoms with Crippen LogP contribution >= 0.6 is 0 Å². The number of ether oxygens (including phenoxy) is 1. The normalized spacial score (nSPS) is 15.9. The van der Waals surface area contributed by atoms with E-state index in [1.165, 1.54) is 31.2 Å². The third-order valence-electron chi connectivity index (χ3n) is 7.37. The highest BCUT2D eigenvalue weighted by atomic mass is 32.2. The molecule has 10 nitrogen and oxygen atoms in total. The third kappa shape index (κ3) is 9.37. The lowest BCUT2D eigenvalue weighted by molar-refractivity contribution is -0.114. The molecule has 3 atom stereocenters. The predicted octanol–water partition coefficient (Wildman–Crippen LogP) is 4.17. The summed E-state index contributed by atoms with van der Waals surface area (Å²) in [6.45, 7) is 1.37. The molecule has 11 heteroatoms. The molecule has 3 aromatic rings. The van der Waals surface area contributed by atoms with E-state index < -0.39 is 34.3 Å². The molecule has 0 aliphatic heterocycles. The van der Waals surface area contributed by atoms with Crippen molar-refractivity contribution in [1.29, 1.82) is 0 Å². The summed E-state index contributed by atoms with van der Waals surface area (Å²) in [6, 6.07) is 17.0. The molecule has 1 aliphatic carbocycles. The second-order valence-electron chi connectivity index (χ2n) is 10.7. The molecule has 1 fully saturated rings. The third-order valence-corrected chi connectivity index (χ3v) is 8.88. The summed E-state index contributed by atoms with van der Waals surface area (Å²) in [5, 5.41) is 17.1. The number of aliphatic hydroxyl groups excluding tert-OH is 1. The summed E-state index contributed by atoms with van der Waals surface area (Å²) in [4.78, 5) is 28.2. The van der Waals surface area contributed by atoms with Gasteiger partial charge in [-0.25, -0.2) is 17.9 Å². The van der Waals surface area contributed by atoms with E-state index in [2.05, 4.69) is 20.3 Å². The average molecular weight is 595 g/mol. The van der Waals surface area contributed by atoms with E-state index in [4.69, 9.17) is 4.74 Å². The summed E-state index contributed by atoms with van der Waals surface area (Å²) in [5.74, 6) is -0.0243. The smallest absolute Gasteiger partial charge is 0.407 e. The lowest BCUT2D eigenvalue weighted by Crippen LogP contribution is -2.55. The predicted molar refractivity (Wildman–Crippen MR) is 159 cm³/mol. The van der Waals surface area contributed by atoms with Gasteiger partial charge in [0.2, 0.25) is 15.9 Å². The molecule has 224 valence electrons. The molecule has 4 N–H and O–H groups in total. The molecule has 0 spiro atoms. The van der Waals surface area contributed by atoms with Gasteiger partial charge in [0.15, 0.2) is 0 Å². The minimum Gasteiger partial charge on any atom is -0.445 e. The standard InChI is InChI=1S/C31H38N4O6S/c1-22(36)33-26-13-15-27(16-14-26)42(39,40)35-29(19-24-10-5-6-11-24)30(37)28(18-23-8-3-2-4-9-23)34-31(38)41-21-25-12-7-17-32-20-25/h2-4,7-9,12-17,20,24,28-30,35,37H,5-6,10-11,18-19,21H2,1H3,(H,33,36)(H,34,38)/t28?,29?,30-/m0/s1. The molecule has 2 amide bonds. The largest absolute Gasteiger partial charge is 0.445 e. The lowest BCUT2D eigenvalue weighted by atomic mass is 9.90. The van der Waals surface area contributed by atoms with Crippen LogP contribution in [0.2, 0.25) is 0 Å². The molecule has 2 aromatic carbocycles. The topological polar surface area (TPSA) is 147 Å². The second-order valence-corrected chi connectivity index (χ2v) is 12.4. The lowest BCUT2D eigenvalue weighted by Gasteiger charge is -2.32. The van der Waals surface area contributed by atoms with Crippen LogP contribution in [0.5, 0.6) is 0 Å². The van der Waals surface area contributed by atoms with Gasteiger partial charge in [0.25, 0.3) is 0 Å². The number of nitrogens with one attached hydrogen (secondary N) is 3. The highest BCUT2D eigenvalue weighted by Gasteiger charge is 2.35. The first-order valence-corrected chi connectivity index (χ1v) is 15.6. The number of anilines is 1. The van der Waals surface area contributed by atoms with E-state index in [0.717, 1.165) is 31.2 Å². The number of pyridine rings is 1. The maximum Gasteiger partial charge on any atom is 0.407 e. The van der Waals surface area contributed by atoms with Crippen LogP contribution in [0.1, 0.15) is 50.2 Å². The number of rotatable bonds is 13. The maximum absolute atomic E-state index is 13.5. The summed E-state index contributed by atoms with van der Waals surface area (Å²) in [6.07, 6.45) is 5.91. The van der Waals surface area contributed by atoms with Crippen LogP contribution in [0.25, 0.3) is 0 Å². The number of hydrogen-bond acceptors (Lipinski definition) is 7. The van der Waals surface area contributed by atoms with E-state index in [1.807, 2.05) is 30.3 Å². The number of hydrogen-bond donors (Lipinski definition) is 4. The van der Waals surface area contributed by atoms with Crippen molar-refractivity contribution < 1.29 is 27.9 Å². The van der Waals surface area contributed by atoms with Crippen molar-refractivity contribution in [1.82, 2.24) is 15.0 Å². The molecule has 42 heavy (non-hydrogen) atoms. The Balaban J connectivity index is 1.55. The van der Waals surface area contributed by atoms with Crippen LogP contribution < -0.4 is 15.4 Å². The Morgan fingerprint density at radius 2 is 1.67 bits per heavy atom. The van der Waals surface area contributed by atoms with E-state index >= 15 is 0 Å². The van der Waals surface area contributed by atoms with E-state index in [0.29, 0.717) is 17.7 Å². The number of aliphatic hydroxyl groups is 1. The number of benzene rings is 2. The first-order chi connectivity index (χ1) is 20.2. The van der Waals surface area contributed by atoms with Crippen LogP contribution in [0.4, 0.5) is 10.5 Å². The Kier molecular flexibility index (Phi) is 11.0. The van der Waals surface area contributed by atoms with Gasteiger partial charge < -0.3 is 20.5 Å². The van der Waals surface area contributed by atoms with Gasteiger partial charge >= 0.3 is 6.09 Å². The Bertz CT molecular complexity index is 1400. The van der Waals surface area contributed by atoms with Crippen LogP contribution in [0.15, 0.2) is 84.0 Å². The quantitative estimate of drug-likeness (QED) is 0.232. The minimum absolute atomic E-state index is 0.000435. The molecule has 1 saturated carbocycles. The van der Waals surface area contributed by atoms with Gasteiger partial charge in [-0.2, -0.15) is 0 Å². The fourth-order valence-corrected chi connectivity index (χ4v) is 6.55. The Labute approximate surface area is 247 Å². The number of amides is 2. The van der Waals surface area contributed by atoms with Crippen molar-refractivity contribution in [3.63, 3.8) is 0 Å². The highest BCUT2D eigenvalue weighted by molar-refractivity contribution is 7.89. The van der Waals surface area contributed by atoms with Crippen LogP contribution in [-0.4, -0.2) is 48.7 Å². The van der Waals surface area contributed by atoms with Crippen LogP contribution in [0, 0.1) is 5.92 Å². The summed E-state index contributed by atoms with van der Waals surface area (Å²) >= 11 is 0. The second kappa shape index (κ2) is 14.9. The average Bonchev–Trinajstić information content (AvgIpc) is 3.49. The number of carbonyl (C=O) groups excluding carboxylic acids is 2. The number of alkyl carbamates (subject to hydrolysis) is 1. The van der Waals surface area contributed by atoms with Crippen molar-refractivity contribution in [3.8, 4) is 0 Å². The zero-order valence-electron chi connectivity index (χ0n) is 23.6. The molecule has 1 heterocycles. The fourth-order valence-electron chi connectivity index (χ4n) is 5.28. The van der Waals surface area contributed by atoms with Crippen LogP contribution in [-0.2, 0) is 32.6 Å². The summed E-state index contributed by atoms with van der Waals surface area (Å²) in [5.41, 5.74) is 2.05. The molecule has 4 rings (SSSR count). The molecule has 0 bridgehead atoms. The first kappa shape index (κ1) is 31.1. The molecule has 1 aliphatic rings.